The third-order valence-corrected chi connectivity index (χ3v) is 5.19. The van der Waals surface area contributed by atoms with Gasteiger partial charge >= 0.3 is 5.97 Å². The van der Waals surface area contributed by atoms with E-state index in [4.69, 9.17) is 9.84 Å². The molecule has 1 atom stereocenters. The normalized spacial score (nSPS) is 21.2. The Morgan fingerprint density at radius 2 is 2.30 bits per heavy atom. The van der Waals surface area contributed by atoms with E-state index in [9.17, 15) is 13.2 Å². The summed E-state index contributed by atoms with van der Waals surface area (Å²) >= 11 is 0. The van der Waals surface area contributed by atoms with E-state index in [1.54, 1.807) is 0 Å². The minimum Gasteiger partial charge on any atom is -0.476 e. The zero-order valence-electron chi connectivity index (χ0n) is 13.4. The van der Waals surface area contributed by atoms with Crippen LogP contribution in [0.5, 0.6) is 0 Å². The molecule has 1 saturated heterocycles. The first kappa shape index (κ1) is 17.9. The van der Waals surface area contributed by atoms with E-state index in [1.807, 2.05) is 13.8 Å². The number of rotatable bonds is 7. The second-order valence-corrected chi connectivity index (χ2v) is 8.22. The van der Waals surface area contributed by atoms with Crippen molar-refractivity contribution in [3.8, 4) is 0 Å². The zero-order chi connectivity index (χ0) is 17.1. The van der Waals surface area contributed by atoms with Gasteiger partial charge < -0.3 is 14.4 Å². The fourth-order valence-electron chi connectivity index (χ4n) is 2.67. The second-order valence-electron chi connectivity index (χ2n) is 6.37. The van der Waals surface area contributed by atoms with E-state index in [2.05, 4.69) is 9.71 Å². The number of hydrogen-bond acceptors (Lipinski definition) is 5. The van der Waals surface area contributed by atoms with E-state index in [1.165, 1.54) is 17.1 Å². The van der Waals surface area contributed by atoms with Crippen LogP contribution in [0.2, 0.25) is 0 Å². The molecule has 23 heavy (non-hydrogen) atoms. The lowest BCUT2D eigenvalue weighted by atomic mass is 9.96. The van der Waals surface area contributed by atoms with E-state index in [0.717, 1.165) is 19.3 Å². The fourth-order valence-corrected chi connectivity index (χ4v) is 3.91. The molecule has 1 fully saturated rings. The highest BCUT2D eigenvalue weighted by molar-refractivity contribution is 7.89. The van der Waals surface area contributed by atoms with Gasteiger partial charge in [0.2, 0.25) is 10.0 Å². The highest BCUT2D eigenvalue weighted by Gasteiger charge is 2.31. The quantitative estimate of drug-likeness (QED) is 0.758. The number of hydrogen-bond donors (Lipinski definition) is 2. The maximum atomic E-state index is 12.1. The first-order chi connectivity index (χ1) is 10.7. The van der Waals surface area contributed by atoms with Crippen LogP contribution in [-0.4, -0.2) is 53.0 Å². The van der Waals surface area contributed by atoms with Crippen LogP contribution in [0.1, 0.15) is 43.6 Å². The number of carbonyl (C=O) groups is 1. The number of carboxylic acid groups (broad SMARTS) is 1. The molecule has 0 amide bonds. The zero-order valence-corrected chi connectivity index (χ0v) is 14.2. The Hall–Kier alpha value is -1.45. The van der Waals surface area contributed by atoms with Crippen molar-refractivity contribution in [3.05, 3.63) is 18.2 Å². The molecule has 0 radical (unpaired) electrons. The van der Waals surface area contributed by atoms with Crippen LogP contribution in [0, 0.1) is 0 Å². The van der Waals surface area contributed by atoms with Crippen molar-refractivity contribution in [1.29, 1.82) is 0 Å². The van der Waals surface area contributed by atoms with Crippen LogP contribution in [0.4, 0.5) is 0 Å². The SMILES string of the molecule is CC1(C)CCCC(CS(=O)(=O)NCCn2cnc(C(=O)O)c2)O1. The standard InChI is InChI=1S/C14H23N3O5S/c1-14(2)5-3-4-11(22-14)9-23(20,21)16-6-7-17-8-12(13(18)19)15-10-17/h8,10-11,16H,3-7,9H2,1-2H3,(H,18,19). The smallest absolute Gasteiger partial charge is 0.356 e. The van der Waals surface area contributed by atoms with Gasteiger partial charge in [0.15, 0.2) is 5.69 Å². The lowest BCUT2D eigenvalue weighted by molar-refractivity contribution is -0.0964. The molecule has 1 aliphatic heterocycles. The molecule has 130 valence electrons. The van der Waals surface area contributed by atoms with Gasteiger partial charge in [-0.15, -0.1) is 0 Å². The lowest BCUT2D eigenvalue weighted by Crippen LogP contribution is -2.41. The third kappa shape index (κ3) is 5.60. The van der Waals surface area contributed by atoms with Gasteiger partial charge in [0.05, 0.1) is 23.8 Å². The molecule has 2 N–H and O–H groups in total. The molecule has 1 aliphatic rings. The van der Waals surface area contributed by atoms with Crippen LogP contribution >= 0.6 is 0 Å². The Bertz CT molecular complexity index is 653. The predicted molar refractivity (Wildman–Crippen MR) is 83.8 cm³/mol. The first-order valence-corrected chi connectivity index (χ1v) is 9.22. The van der Waals surface area contributed by atoms with E-state index in [0.29, 0.717) is 6.54 Å². The summed E-state index contributed by atoms with van der Waals surface area (Å²) in [5.74, 6) is -1.16. The molecular formula is C14H23N3O5S. The molecule has 2 heterocycles. The fraction of sp³-hybridized carbons (Fsp3) is 0.714. The van der Waals surface area contributed by atoms with Crippen molar-refractivity contribution in [2.24, 2.45) is 0 Å². The van der Waals surface area contributed by atoms with E-state index < -0.39 is 16.0 Å². The van der Waals surface area contributed by atoms with Crippen molar-refractivity contribution in [3.63, 3.8) is 0 Å². The molecule has 2 rings (SSSR count). The molecule has 0 spiro atoms. The number of nitrogens with zero attached hydrogens (tertiary/aromatic N) is 2. The van der Waals surface area contributed by atoms with Gasteiger partial charge in [-0.1, -0.05) is 0 Å². The summed E-state index contributed by atoms with van der Waals surface area (Å²) in [6.45, 7) is 4.43. The van der Waals surface area contributed by atoms with Crippen molar-refractivity contribution < 1.29 is 23.1 Å². The van der Waals surface area contributed by atoms with Crippen LogP contribution < -0.4 is 4.72 Å². The summed E-state index contributed by atoms with van der Waals surface area (Å²) in [5, 5.41) is 8.78. The van der Waals surface area contributed by atoms with Crippen LogP contribution in [-0.2, 0) is 21.3 Å². The van der Waals surface area contributed by atoms with Gasteiger partial charge in [-0.25, -0.2) is 22.9 Å². The Balaban J connectivity index is 1.80. The van der Waals surface area contributed by atoms with E-state index in [-0.39, 0.29) is 29.7 Å². The molecule has 9 heteroatoms. The summed E-state index contributed by atoms with van der Waals surface area (Å²) in [5.41, 5.74) is -0.339. The molecule has 0 aromatic carbocycles. The van der Waals surface area contributed by atoms with Crippen LogP contribution in [0.15, 0.2) is 12.5 Å². The van der Waals surface area contributed by atoms with Crippen LogP contribution in [0.3, 0.4) is 0 Å². The molecule has 1 aromatic heterocycles. The van der Waals surface area contributed by atoms with E-state index >= 15 is 0 Å². The number of sulfonamides is 1. The van der Waals surface area contributed by atoms with Crippen molar-refractivity contribution >= 4 is 16.0 Å². The first-order valence-electron chi connectivity index (χ1n) is 7.57. The van der Waals surface area contributed by atoms with Gasteiger partial charge in [0.25, 0.3) is 0 Å². The number of aromatic nitrogens is 2. The highest BCUT2D eigenvalue weighted by Crippen LogP contribution is 2.28. The predicted octanol–water partition coefficient (Wildman–Crippen LogP) is 0.848. The Labute approximate surface area is 135 Å². The summed E-state index contributed by atoms with van der Waals surface area (Å²) in [7, 11) is -3.44. The van der Waals surface area contributed by atoms with Crippen molar-refractivity contribution in [2.45, 2.75) is 51.4 Å². The average molecular weight is 345 g/mol. The van der Waals surface area contributed by atoms with Gasteiger partial charge in [-0.2, -0.15) is 0 Å². The summed E-state index contributed by atoms with van der Waals surface area (Å²) in [6, 6.07) is 0. The number of aromatic carboxylic acids is 1. The van der Waals surface area contributed by atoms with Gasteiger partial charge in [-0.3, -0.25) is 0 Å². The number of ether oxygens (including phenoxy) is 1. The third-order valence-electron chi connectivity index (χ3n) is 3.74. The Morgan fingerprint density at radius 1 is 1.57 bits per heavy atom. The monoisotopic (exact) mass is 345 g/mol. The Morgan fingerprint density at radius 3 is 2.91 bits per heavy atom. The maximum absolute atomic E-state index is 12.1. The van der Waals surface area contributed by atoms with Gasteiger partial charge in [0, 0.05) is 19.3 Å². The molecule has 1 aromatic rings. The van der Waals surface area contributed by atoms with Crippen LogP contribution in [0.25, 0.3) is 0 Å². The van der Waals surface area contributed by atoms with Crippen molar-refractivity contribution in [2.75, 3.05) is 12.3 Å². The largest absolute Gasteiger partial charge is 0.476 e. The van der Waals surface area contributed by atoms with Gasteiger partial charge in [-0.05, 0) is 33.1 Å². The molecular weight excluding hydrogens is 322 g/mol. The molecule has 0 saturated carbocycles. The number of nitrogens with one attached hydrogen (secondary N) is 1. The minimum atomic E-state index is -3.44. The number of imidazole rings is 1. The highest BCUT2D eigenvalue weighted by atomic mass is 32.2. The molecule has 1 unspecified atom stereocenters. The summed E-state index contributed by atoms with van der Waals surface area (Å²) in [6.07, 6.45) is 5.08. The Kier molecular flexibility index (Phi) is 5.43. The topological polar surface area (TPSA) is 111 Å². The average Bonchev–Trinajstić information content (AvgIpc) is 2.85. The summed E-state index contributed by atoms with van der Waals surface area (Å²) in [4.78, 5) is 14.4. The van der Waals surface area contributed by atoms with Crippen molar-refractivity contribution in [1.82, 2.24) is 14.3 Å². The molecule has 0 bridgehead atoms. The maximum Gasteiger partial charge on any atom is 0.356 e. The lowest BCUT2D eigenvalue weighted by Gasteiger charge is -2.35. The summed E-state index contributed by atoms with van der Waals surface area (Å²) < 4.78 is 34.1. The number of carboxylic acids is 1. The molecule has 0 aliphatic carbocycles. The minimum absolute atomic E-state index is 0.0548. The van der Waals surface area contributed by atoms with Gasteiger partial charge in [0.1, 0.15) is 0 Å². The molecule has 8 nitrogen and oxygen atoms in total. The second kappa shape index (κ2) is 6.98.